The van der Waals surface area contributed by atoms with E-state index < -0.39 is 0 Å². The fourth-order valence-electron chi connectivity index (χ4n) is 1.35. The third-order valence-electron chi connectivity index (χ3n) is 1.98. The summed E-state index contributed by atoms with van der Waals surface area (Å²) >= 11 is 7.55. The number of hydrogen-bond donors (Lipinski definition) is 0. The van der Waals surface area contributed by atoms with Gasteiger partial charge in [-0.05, 0) is 55.5 Å². The molecule has 0 saturated carbocycles. The number of hydrogen-bond acceptors (Lipinski definition) is 2. The Morgan fingerprint density at radius 1 is 1.50 bits per heavy atom. The molecule has 0 bridgehead atoms. The molecule has 1 nitrogen and oxygen atoms in total. The van der Waals surface area contributed by atoms with Gasteiger partial charge in [0.25, 0.3) is 0 Å². The maximum absolute atomic E-state index is 8.73. The lowest BCUT2D eigenvalue weighted by molar-refractivity contribution is 1.29. The quantitative estimate of drug-likeness (QED) is 0.678. The van der Waals surface area contributed by atoms with Gasteiger partial charge in [0.1, 0.15) is 0 Å². The highest BCUT2D eigenvalue weighted by atomic mass is 127. The Hall–Kier alpha value is -0.120. The molecule has 0 spiro atoms. The molecule has 1 aromatic carbocycles. The third-order valence-corrected chi connectivity index (χ3v) is 5.28. The first-order valence-electron chi connectivity index (χ1n) is 3.96. The van der Waals surface area contributed by atoms with Gasteiger partial charge in [-0.1, -0.05) is 12.1 Å². The predicted octanol–water partition coefficient (Wildman–Crippen LogP) is 4.33. The lowest BCUT2D eigenvalue weighted by atomic mass is 10.1. The van der Waals surface area contributed by atoms with Crippen LogP contribution in [0.4, 0.5) is 0 Å². The van der Waals surface area contributed by atoms with Crippen LogP contribution in [0.3, 0.4) is 0 Å². The van der Waals surface area contributed by atoms with E-state index in [0.717, 1.165) is 10.0 Å². The van der Waals surface area contributed by atoms with Crippen molar-refractivity contribution in [1.82, 2.24) is 0 Å². The maximum Gasteiger partial charge on any atom is 0.0708 e. The van der Waals surface area contributed by atoms with Gasteiger partial charge in [0, 0.05) is 9.17 Å². The lowest BCUT2D eigenvalue weighted by Crippen LogP contribution is -1.80. The zero-order chi connectivity index (χ0) is 10.1. The standard InChI is InChI=1S/C10H5BrINS/c11-8-3-1-2-6-7(4-5-13)10(12)14-9(6)8/h1-3H,4H2. The SMILES string of the molecule is N#CCc1c(I)sc2c(Br)cccc12. The molecule has 0 amide bonds. The molecule has 1 heterocycles. The summed E-state index contributed by atoms with van der Waals surface area (Å²) in [5, 5.41) is 9.93. The summed E-state index contributed by atoms with van der Waals surface area (Å²) in [5.41, 5.74) is 1.16. The Bertz CT molecular complexity index is 527. The molecule has 2 rings (SSSR count). The van der Waals surface area contributed by atoms with Gasteiger partial charge in [-0.3, -0.25) is 0 Å². The van der Waals surface area contributed by atoms with Crippen LogP contribution in [0.25, 0.3) is 10.1 Å². The maximum atomic E-state index is 8.73. The van der Waals surface area contributed by atoms with Gasteiger partial charge >= 0.3 is 0 Å². The number of thiophene rings is 1. The van der Waals surface area contributed by atoms with Gasteiger partial charge in [-0.25, -0.2) is 0 Å². The number of rotatable bonds is 1. The largest absolute Gasteiger partial charge is 0.198 e. The Morgan fingerprint density at radius 3 is 3.00 bits per heavy atom. The molecule has 0 aliphatic rings. The van der Waals surface area contributed by atoms with Gasteiger partial charge in [-0.15, -0.1) is 11.3 Å². The third kappa shape index (κ3) is 1.69. The second-order valence-electron chi connectivity index (χ2n) is 2.81. The van der Waals surface area contributed by atoms with Gasteiger partial charge in [0.05, 0.1) is 15.4 Å². The van der Waals surface area contributed by atoms with E-state index in [1.807, 2.05) is 12.1 Å². The Balaban J connectivity index is 2.78. The highest BCUT2D eigenvalue weighted by molar-refractivity contribution is 14.1. The van der Waals surface area contributed by atoms with Crippen molar-refractivity contribution in [2.45, 2.75) is 6.42 Å². The van der Waals surface area contributed by atoms with E-state index in [1.54, 1.807) is 11.3 Å². The van der Waals surface area contributed by atoms with Crippen molar-refractivity contribution in [3.63, 3.8) is 0 Å². The number of benzene rings is 1. The van der Waals surface area contributed by atoms with E-state index in [4.69, 9.17) is 5.26 Å². The van der Waals surface area contributed by atoms with E-state index in [0.29, 0.717) is 6.42 Å². The second-order valence-corrected chi connectivity index (χ2v) is 6.49. The van der Waals surface area contributed by atoms with Crippen molar-refractivity contribution < 1.29 is 0 Å². The lowest BCUT2D eigenvalue weighted by Gasteiger charge is -1.94. The summed E-state index contributed by atoms with van der Waals surface area (Å²) in [6.45, 7) is 0. The molecule has 2 aromatic rings. The van der Waals surface area contributed by atoms with Crippen LogP contribution in [0.15, 0.2) is 22.7 Å². The molecule has 0 N–H and O–H groups in total. The van der Waals surface area contributed by atoms with Crippen LogP contribution < -0.4 is 0 Å². The highest BCUT2D eigenvalue weighted by Crippen LogP contribution is 2.36. The first kappa shape index (κ1) is 10.4. The number of nitrogens with zero attached hydrogens (tertiary/aromatic N) is 1. The molecule has 0 atom stereocenters. The molecule has 0 aliphatic heterocycles. The van der Waals surface area contributed by atoms with Gasteiger partial charge in [0.15, 0.2) is 0 Å². The van der Waals surface area contributed by atoms with Crippen LogP contribution in [0.5, 0.6) is 0 Å². The average molecular weight is 378 g/mol. The van der Waals surface area contributed by atoms with Crippen LogP contribution in [0.2, 0.25) is 0 Å². The molecule has 0 radical (unpaired) electrons. The fraction of sp³-hybridized carbons (Fsp3) is 0.100. The van der Waals surface area contributed by atoms with Crippen LogP contribution in [0, 0.1) is 14.2 Å². The number of fused-ring (bicyclic) bond motifs is 1. The van der Waals surface area contributed by atoms with E-state index in [2.05, 4.69) is 50.7 Å². The Labute approximate surface area is 108 Å². The van der Waals surface area contributed by atoms with E-state index >= 15 is 0 Å². The van der Waals surface area contributed by atoms with Crippen LogP contribution in [-0.4, -0.2) is 0 Å². The summed E-state index contributed by atoms with van der Waals surface area (Å²) < 4.78 is 3.57. The van der Waals surface area contributed by atoms with Crippen molar-refractivity contribution in [2.24, 2.45) is 0 Å². The summed E-state index contributed by atoms with van der Waals surface area (Å²) in [6.07, 6.45) is 0.495. The molecule has 4 heteroatoms. The summed E-state index contributed by atoms with van der Waals surface area (Å²) in [5.74, 6) is 0. The smallest absolute Gasteiger partial charge is 0.0708 e. The van der Waals surface area contributed by atoms with Gasteiger partial charge in [-0.2, -0.15) is 5.26 Å². The molecule has 14 heavy (non-hydrogen) atoms. The van der Waals surface area contributed by atoms with Crippen LogP contribution >= 0.6 is 49.9 Å². The monoisotopic (exact) mass is 377 g/mol. The van der Waals surface area contributed by atoms with E-state index in [-0.39, 0.29) is 0 Å². The fourth-order valence-corrected chi connectivity index (χ4v) is 4.05. The first-order chi connectivity index (χ1) is 6.74. The zero-order valence-corrected chi connectivity index (χ0v) is 11.6. The van der Waals surface area contributed by atoms with Crippen LogP contribution in [-0.2, 0) is 6.42 Å². The van der Waals surface area contributed by atoms with E-state index in [1.165, 1.54) is 13.0 Å². The van der Waals surface area contributed by atoms with Crippen molar-refractivity contribution in [3.05, 3.63) is 31.1 Å². The first-order valence-corrected chi connectivity index (χ1v) is 6.65. The molecule has 1 aromatic heterocycles. The number of halogens is 2. The van der Waals surface area contributed by atoms with Crippen molar-refractivity contribution in [2.75, 3.05) is 0 Å². The summed E-state index contributed by atoms with van der Waals surface area (Å²) in [4.78, 5) is 0. The molecular formula is C10H5BrINS. The molecule has 70 valence electrons. The Kier molecular flexibility index (Phi) is 3.10. The van der Waals surface area contributed by atoms with Crippen LogP contribution in [0.1, 0.15) is 5.56 Å². The van der Waals surface area contributed by atoms with Gasteiger partial charge < -0.3 is 0 Å². The average Bonchev–Trinajstić information content (AvgIpc) is 2.47. The molecule has 0 unspecified atom stereocenters. The molecule has 0 saturated heterocycles. The minimum Gasteiger partial charge on any atom is -0.198 e. The molecular weight excluding hydrogens is 373 g/mol. The van der Waals surface area contributed by atoms with Crippen molar-refractivity contribution in [3.8, 4) is 6.07 Å². The van der Waals surface area contributed by atoms with Crippen molar-refractivity contribution in [1.29, 1.82) is 5.26 Å². The predicted molar refractivity (Wildman–Crippen MR) is 71.6 cm³/mol. The summed E-state index contributed by atoms with van der Waals surface area (Å²) in [7, 11) is 0. The Morgan fingerprint density at radius 2 is 2.29 bits per heavy atom. The summed E-state index contributed by atoms with van der Waals surface area (Å²) in [6, 6.07) is 8.33. The minimum absolute atomic E-state index is 0.495. The van der Waals surface area contributed by atoms with Gasteiger partial charge in [0.2, 0.25) is 0 Å². The number of nitriles is 1. The topological polar surface area (TPSA) is 23.8 Å². The highest BCUT2D eigenvalue weighted by Gasteiger charge is 2.10. The molecule has 0 fully saturated rings. The normalized spacial score (nSPS) is 10.4. The second kappa shape index (κ2) is 4.17. The van der Waals surface area contributed by atoms with Crippen molar-refractivity contribution >= 4 is 59.9 Å². The minimum atomic E-state index is 0.495. The zero-order valence-electron chi connectivity index (χ0n) is 7.05. The molecule has 0 aliphatic carbocycles. The van der Waals surface area contributed by atoms with E-state index in [9.17, 15) is 0 Å².